The maximum Gasteiger partial charge on any atom is 0.257 e. The number of nitrogens with one attached hydrogen (secondary N) is 1. The Bertz CT molecular complexity index is 381. The summed E-state index contributed by atoms with van der Waals surface area (Å²) >= 11 is 0. The number of amides is 1. The van der Waals surface area contributed by atoms with Crippen LogP contribution in [0.25, 0.3) is 0 Å². The molecule has 0 fully saturated rings. The van der Waals surface area contributed by atoms with Crippen LogP contribution in [0.3, 0.4) is 0 Å². The number of nitrogens with zero attached hydrogens (tertiary/aromatic N) is 3. The van der Waals surface area contributed by atoms with Crippen LogP contribution >= 0.6 is 0 Å². The lowest BCUT2D eigenvalue weighted by molar-refractivity contribution is 0.0771. The molecule has 88 valence electrons. The van der Waals surface area contributed by atoms with Crippen LogP contribution in [0.5, 0.6) is 0 Å². The van der Waals surface area contributed by atoms with Crippen molar-refractivity contribution in [3.05, 3.63) is 17.5 Å². The van der Waals surface area contributed by atoms with Gasteiger partial charge in [0.15, 0.2) is 0 Å². The van der Waals surface area contributed by atoms with Crippen LogP contribution in [-0.4, -0.2) is 40.2 Å². The third-order valence-corrected chi connectivity index (χ3v) is 3.02. The highest BCUT2D eigenvalue weighted by Crippen LogP contribution is 2.13. The van der Waals surface area contributed by atoms with Crippen molar-refractivity contribution >= 4 is 5.91 Å². The Morgan fingerprint density at radius 1 is 1.56 bits per heavy atom. The van der Waals surface area contributed by atoms with Crippen molar-refractivity contribution in [2.24, 2.45) is 0 Å². The highest BCUT2D eigenvalue weighted by atomic mass is 16.2. The first-order valence-corrected chi connectivity index (χ1v) is 5.82. The molecule has 0 aromatic carbocycles. The summed E-state index contributed by atoms with van der Waals surface area (Å²) in [6.07, 6.45) is 1.70. The number of fused-ring (bicyclic) bond motifs is 1. The lowest BCUT2D eigenvalue weighted by Gasteiger charge is -2.20. The fourth-order valence-electron chi connectivity index (χ4n) is 2.04. The third-order valence-electron chi connectivity index (χ3n) is 3.02. The zero-order chi connectivity index (χ0) is 11.5. The molecule has 0 saturated carbocycles. The molecule has 1 N–H and O–H groups in total. The van der Waals surface area contributed by atoms with Crippen molar-refractivity contribution in [2.45, 2.75) is 26.9 Å². The second-order valence-electron chi connectivity index (χ2n) is 3.88. The Morgan fingerprint density at radius 3 is 3.00 bits per heavy atom. The van der Waals surface area contributed by atoms with E-state index in [1.165, 1.54) is 0 Å². The quantitative estimate of drug-likeness (QED) is 0.808. The van der Waals surface area contributed by atoms with Crippen LogP contribution in [0.15, 0.2) is 6.20 Å². The van der Waals surface area contributed by atoms with Gasteiger partial charge in [0.25, 0.3) is 5.91 Å². The van der Waals surface area contributed by atoms with E-state index in [0.717, 1.165) is 44.0 Å². The third kappa shape index (κ3) is 1.82. The smallest absolute Gasteiger partial charge is 0.257 e. The summed E-state index contributed by atoms with van der Waals surface area (Å²) in [6, 6.07) is 0. The summed E-state index contributed by atoms with van der Waals surface area (Å²) in [5.74, 6) is 0.0925. The standard InChI is InChI=1S/C11H18N4O/c1-3-14(4-2)11(16)9-7-13-15-6-5-12-8-10(9)15/h7,12H,3-6,8H2,1-2H3. The van der Waals surface area contributed by atoms with Crippen molar-refractivity contribution in [2.75, 3.05) is 19.6 Å². The van der Waals surface area contributed by atoms with Crippen molar-refractivity contribution in [3.63, 3.8) is 0 Å². The minimum Gasteiger partial charge on any atom is -0.339 e. The number of hydrogen-bond acceptors (Lipinski definition) is 3. The van der Waals surface area contributed by atoms with Crippen LogP contribution in [0.1, 0.15) is 29.9 Å². The van der Waals surface area contributed by atoms with E-state index in [2.05, 4.69) is 10.4 Å². The van der Waals surface area contributed by atoms with Gasteiger partial charge in [-0.1, -0.05) is 0 Å². The Hall–Kier alpha value is -1.36. The summed E-state index contributed by atoms with van der Waals surface area (Å²) in [6.45, 7) is 7.99. The first-order chi connectivity index (χ1) is 7.77. The van der Waals surface area contributed by atoms with E-state index < -0.39 is 0 Å². The van der Waals surface area contributed by atoms with Gasteiger partial charge in [-0.15, -0.1) is 0 Å². The van der Waals surface area contributed by atoms with E-state index in [9.17, 15) is 4.79 Å². The van der Waals surface area contributed by atoms with E-state index in [0.29, 0.717) is 0 Å². The van der Waals surface area contributed by atoms with Gasteiger partial charge in [0, 0.05) is 26.2 Å². The molecule has 0 spiro atoms. The zero-order valence-electron chi connectivity index (χ0n) is 9.86. The summed E-state index contributed by atoms with van der Waals surface area (Å²) in [5.41, 5.74) is 1.76. The Balaban J connectivity index is 2.26. The molecule has 1 amide bonds. The molecule has 1 aliphatic heterocycles. The zero-order valence-corrected chi connectivity index (χ0v) is 9.86. The number of aromatic nitrogens is 2. The molecule has 1 aromatic rings. The van der Waals surface area contributed by atoms with E-state index in [4.69, 9.17) is 0 Å². The Morgan fingerprint density at radius 2 is 2.31 bits per heavy atom. The molecule has 0 radical (unpaired) electrons. The normalized spacial score (nSPS) is 14.6. The SMILES string of the molecule is CCN(CC)C(=O)c1cnn2c1CNCC2. The molecule has 0 unspecified atom stereocenters. The van der Waals surface area contributed by atoms with Gasteiger partial charge in [0.2, 0.25) is 0 Å². The number of rotatable bonds is 3. The van der Waals surface area contributed by atoms with Gasteiger partial charge < -0.3 is 10.2 Å². The van der Waals surface area contributed by atoms with Gasteiger partial charge in [0.1, 0.15) is 0 Å². The first kappa shape index (κ1) is 11.1. The van der Waals surface area contributed by atoms with Crippen LogP contribution in [0, 0.1) is 0 Å². The molecule has 2 heterocycles. The molecule has 5 heteroatoms. The van der Waals surface area contributed by atoms with Crippen LogP contribution in [0.4, 0.5) is 0 Å². The maximum atomic E-state index is 12.2. The maximum absolute atomic E-state index is 12.2. The largest absolute Gasteiger partial charge is 0.339 e. The Labute approximate surface area is 95.4 Å². The molecule has 0 aliphatic carbocycles. The molecule has 0 bridgehead atoms. The predicted molar refractivity (Wildman–Crippen MR) is 61.2 cm³/mol. The number of carbonyl (C=O) groups excluding carboxylic acids is 1. The topological polar surface area (TPSA) is 50.2 Å². The first-order valence-electron chi connectivity index (χ1n) is 5.82. The monoisotopic (exact) mass is 222 g/mol. The molecule has 0 atom stereocenters. The van der Waals surface area contributed by atoms with E-state index >= 15 is 0 Å². The molecule has 1 aliphatic rings. The number of carbonyl (C=O) groups is 1. The molecule has 2 rings (SSSR count). The van der Waals surface area contributed by atoms with Crippen LogP contribution < -0.4 is 5.32 Å². The van der Waals surface area contributed by atoms with Crippen molar-refractivity contribution in [1.82, 2.24) is 20.0 Å². The summed E-state index contributed by atoms with van der Waals surface area (Å²) in [5, 5.41) is 7.52. The molecular formula is C11H18N4O. The van der Waals surface area contributed by atoms with E-state index in [1.807, 2.05) is 23.4 Å². The summed E-state index contributed by atoms with van der Waals surface area (Å²) < 4.78 is 1.92. The molecule has 1 aromatic heterocycles. The van der Waals surface area contributed by atoms with Crippen molar-refractivity contribution in [3.8, 4) is 0 Å². The number of hydrogen-bond donors (Lipinski definition) is 1. The minimum absolute atomic E-state index is 0.0925. The fraction of sp³-hybridized carbons (Fsp3) is 0.636. The lowest BCUT2D eigenvalue weighted by Crippen LogP contribution is -2.33. The van der Waals surface area contributed by atoms with E-state index in [-0.39, 0.29) is 5.91 Å². The summed E-state index contributed by atoms with van der Waals surface area (Å²) in [7, 11) is 0. The average molecular weight is 222 g/mol. The van der Waals surface area contributed by atoms with Crippen LogP contribution in [-0.2, 0) is 13.1 Å². The second kappa shape index (κ2) is 4.65. The molecule has 16 heavy (non-hydrogen) atoms. The predicted octanol–water partition coefficient (Wildman–Crippen LogP) is 0.468. The minimum atomic E-state index is 0.0925. The van der Waals surface area contributed by atoms with Gasteiger partial charge in [-0.2, -0.15) is 5.10 Å². The average Bonchev–Trinajstić information content (AvgIpc) is 2.74. The molecule has 0 saturated heterocycles. The molecular weight excluding hydrogens is 204 g/mol. The van der Waals surface area contributed by atoms with Gasteiger partial charge in [-0.05, 0) is 13.8 Å². The Kier molecular flexibility index (Phi) is 3.24. The highest BCUT2D eigenvalue weighted by molar-refractivity contribution is 5.95. The van der Waals surface area contributed by atoms with Crippen molar-refractivity contribution in [1.29, 1.82) is 0 Å². The van der Waals surface area contributed by atoms with Gasteiger partial charge >= 0.3 is 0 Å². The fourth-order valence-corrected chi connectivity index (χ4v) is 2.04. The molecule has 5 nitrogen and oxygen atoms in total. The van der Waals surface area contributed by atoms with Gasteiger partial charge in [-0.3, -0.25) is 9.48 Å². The van der Waals surface area contributed by atoms with Crippen molar-refractivity contribution < 1.29 is 4.79 Å². The van der Waals surface area contributed by atoms with Gasteiger partial charge in [0.05, 0.1) is 24.0 Å². The highest BCUT2D eigenvalue weighted by Gasteiger charge is 2.22. The second-order valence-corrected chi connectivity index (χ2v) is 3.88. The summed E-state index contributed by atoms with van der Waals surface area (Å²) in [4.78, 5) is 14.0. The van der Waals surface area contributed by atoms with Gasteiger partial charge in [-0.25, -0.2) is 0 Å². The lowest BCUT2D eigenvalue weighted by atomic mass is 10.2. The van der Waals surface area contributed by atoms with Crippen LogP contribution in [0.2, 0.25) is 0 Å². The van der Waals surface area contributed by atoms with E-state index in [1.54, 1.807) is 6.20 Å².